The Morgan fingerprint density at radius 3 is 1.61 bits per heavy atom. The smallest absolute Gasteiger partial charge is 0.136 e. The Hall–Kier alpha value is -6.64. The number of anilines is 3. The Morgan fingerprint density at radius 2 is 0.941 bits per heavy atom. The van der Waals surface area contributed by atoms with E-state index >= 15 is 0 Å². The maximum absolute atomic E-state index is 6.79. The second kappa shape index (κ2) is 10.7. The second-order valence-electron chi connectivity index (χ2n) is 13.6. The molecular formula is C49H31NO. The van der Waals surface area contributed by atoms with E-state index in [9.17, 15) is 0 Å². The molecule has 9 aromatic rings. The lowest BCUT2D eigenvalue weighted by Crippen LogP contribution is -2.26. The average Bonchev–Trinajstić information content (AvgIpc) is 3.82. The average molecular weight is 650 g/mol. The maximum Gasteiger partial charge on any atom is 0.136 e. The molecule has 0 aliphatic heterocycles. The van der Waals surface area contributed by atoms with Gasteiger partial charge in [-0.1, -0.05) is 140 Å². The van der Waals surface area contributed by atoms with Gasteiger partial charge in [-0.25, -0.2) is 0 Å². The second-order valence-corrected chi connectivity index (χ2v) is 13.6. The van der Waals surface area contributed by atoms with Crippen LogP contribution >= 0.6 is 0 Å². The molecule has 1 aromatic heterocycles. The van der Waals surface area contributed by atoms with E-state index in [-0.39, 0.29) is 0 Å². The first-order chi connectivity index (χ1) is 25.3. The van der Waals surface area contributed by atoms with Gasteiger partial charge in [0.15, 0.2) is 0 Å². The van der Waals surface area contributed by atoms with Gasteiger partial charge >= 0.3 is 0 Å². The summed E-state index contributed by atoms with van der Waals surface area (Å²) in [7, 11) is 0. The highest BCUT2D eigenvalue weighted by molar-refractivity contribution is 6.18. The zero-order valence-corrected chi connectivity index (χ0v) is 27.8. The summed E-state index contributed by atoms with van der Waals surface area (Å²) in [6, 6.07) is 68.3. The first-order valence-electron chi connectivity index (χ1n) is 17.6. The zero-order valence-electron chi connectivity index (χ0n) is 27.8. The van der Waals surface area contributed by atoms with Crippen LogP contribution in [0, 0.1) is 0 Å². The van der Waals surface area contributed by atoms with Crippen molar-refractivity contribution >= 4 is 39.0 Å². The van der Waals surface area contributed by atoms with Crippen LogP contribution in [0.25, 0.3) is 55.3 Å². The molecule has 0 saturated heterocycles. The van der Waals surface area contributed by atoms with Gasteiger partial charge in [-0.15, -0.1) is 0 Å². The molecule has 2 aliphatic carbocycles. The summed E-state index contributed by atoms with van der Waals surface area (Å²) in [5, 5.41) is 2.30. The highest BCUT2D eigenvalue weighted by Gasteiger charge is 2.53. The molecule has 0 saturated carbocycles. The molecule has 11 rings (SSSR count). The first kappa shape index (κ1) is 28.2. The molecule has 51 heavy (non-hydrogen) atoms. The van der Waals surface area contributed by atoms with Crippen molar-refractivity contribution < 1.29 is 4.42 Å². The molecule has 0 radical (unpaired) electrons. The van der Waals surface area contributed by atoms with Crippen LogP contribution in [0.2, 0.25) is 0 Å². The van der Waals surface area contributed by atoms with Crippen molar-refractivity contribution in [1.29, 1.82) is 0 Å². The summed E-state index contributed by atoms with van der Waals surface area (Å²) in [5.74, 6) is 0. The van der Waals surface area contributed by atoms with Crippen molar-refractivity contribution in [2.75, 3.05) is 4.90 Å². The predicted octanol–water partition coefficient (Wildman–Crippen LogP) is 13.1. The molecule has 2 aliphatic rings. The minimum absolute atomic E-state index is 0.552. The number of hydrogen-bond acceptors (Lipinski definition) is 2. The molecule has 1 spiro atoms. The van der Waals surface area contributed by atoms with Crippen LogP contribution in [0.5, 0.6) is 0 Å². The first-order valence-corrected chi connectivity index (χ1v) is 17.6. The van der Waals surface area contributed by atoms with Gasteiger partial charge in [0.1, 0.15) is 11.2 Å². The van der Waals surface area contributed by atoms with E-state index in [0.29, 0.717) is 0 Å². The lowest BCUT2D eigenvalue weighted by atomic mass is 9.70. The van der Waals surface area contributed by atoms with Gasteiger partial charge in [-0.2, -0.15) is 0 Å². The Balaban J connectivity index is 1.32. The van der Waals surface area contributed by atoms with Crippen molar-refractivity contribution in [1.82, 2.24) is 0 Å². The fraction of sp³-hybridized carbons (Fsp3) is 0.0204. The van der Waals surface area contributed by atoms with Gasteiger partial charge in [0.05, 0.1) is 5.41 Å². The van der Waals surface area contributed by atoms with E-state index in [2.05, 4.69) is 193 Å². The lowest BCUT2D eigenvalue weighted by Gasteiger charge is -2.32. The minimum atomic E-state index is -0.552. The number of fused-ring (bicyclic) bond motifs is 13. The zero-order chi connectivity index (χ0) is 33.5. The number of hydrogen-bond donors (Lipinski definition) is 0. The molecule has 2 heteroatoms. The number of nitrogens with zero attached hydrogens (tertiary/aromatic N) is 1. The summed E-state index contributed by atoms with van der Waals surface area (Å²) in [4.78, 5) is 2.38. The number of benzene rings is 8. The SMILES string of the molecule is c1ccc(-c2c3c(cc4oc5ccccc5c24)C2(c4ccccc4-c4ccccc42)c2cc(N(c4ccccc4)c4ccccc4)ccc2-3)cc1. The van der Waals surface area contributed by atoms with Crippen molar-refractivity contribution in [3.05, 3.63) is 210 Å². The van der Waals surface area contributed by atoms with Gasteiger partial charge in [0.25, 0.3) is 0 Å². The summed E-state index contributed by atoms with van der Waals surface area (Å²) in [5.41, 5.74) is 17.3. The van der Waals surface area contributed by atoms with Crippen LogP contribution in [-0.4, -0.2) is 0 Å². The van der Waals surface area contributed by atoms with E-state index in [1.807, 2.05) is 0 Å². The van der Waals surface area contributed by atoms with Crippen LogP contribution in [0.1, 0.15) is 22.3 Å². The van der Waals surface area contributed by atoms with E-state index in [0.717, 1.165) is 39.0 Å². The molecule has 0 unspecified atom stereocenters. The Bertz CT molecular complexity index is 2710. The number of para-hydroxylation sites is 3. The molecule has 0 bridgehead atoms. The third-order valence-corrected chi connectivity index (χ3v) is 11.0. The van der Waals surface area contributed by atoms with Crippen LogP contribution in [-0.2, 0) is 5.41 Å². The highest BCUT2D eigenvalue weighted by atomic mass is 16.3. The summed E-state index contributed by atoms with van der Waals surface area (Å²) in [6.07, 6.45) is 0. The normalized spacial score (nSPS) is 13.3. The van der Waals surface area contributed by atoms with Crippen LogP contribution in [0.15, 0.2) is 192 Å². The monoisotopic (exact) mass is 649 g/mol. The van der Waals surface area contributed by atoms with Gasteiger partial charge in [-0.05, 0) is 98.6 Å². The largest absolute Gasteiger partial charge is 0.456 e. The summed E-state index contributed by atoms with van der Waals surface area (Å²) >= 11 is 0. The molecule has 8 aromatic carbocycles. The fourth-order valence-electron chi connectivity index (χ4n) is 9.12. The standard InChI is InChI=1S/C49H31NO/c1-4-16-32(17-5-1)46-47-38-29-28-35(50(33-18-6-2-7-19-33)34-20-8-3-9-21-34)30-42(38)49(40-25-13-10-22-36(40)37-23-11-14-26-41(37)49)43(47)31-45-48(46)39-24-12-15-27-44(39)51-45/h1-31H. The lowest BCUT2D eigenvalue weighted by molar-refractivity contribution is 0.666. The molecule has 0 fully saturated rings. The maximum atomic E-state index is 6.79. The van der Waals surface area contributed by atoms with Gasteiger partial charge < -0.3 is 9.32 Å². The fourth-order valence-corrected chi connectivity index (χ4v) is 9.12. The van der Waals surface area contributed by atoms with E-state index in [1.54, 1.807) is 0 Å². The minimum Gasteiger partial charge on any atom is -0.456 e. The Kier molecular flexibility index (Phi) is 5.91. The molecule has 2 nitrogen and oxygen atoms in total. The molecule has 1 heterocycles. The van der Waals surface area contributed by atoms with Crippen LogP contribution in [0.3, 0.4) is 0 Å². The van der Waals surface area contributed by atoms with Crippen molar-refractivity contribution in [3.63, 3.8) is 0 Å². The van der Waals surface area contributed by atoms with Gasteiger partial charge in [-0.3, -0.25) is 0 Å². The molecular weight excluding hydrogens is 619 g/mol. The van der Waals surface area contributed by atoms with Crippen LogP contribution < -0.4 is 4.90 Å². The van der Waals surface area contributed by atoms with Gasteiger partial charge in [0, 0.05) is 33.4 Å². The highest BCUT2D eigenvalue weighted by Crippen LogP contribution is 2.65. The van der Waals surface area contributed by atoms with E-state index < -0.39 is 5.41 Å². The van der Waals surface area contributed by atoms with Crippen molar-refractivity contribution in [2.24, 2.45) is 0 Å². The summed E-state index contributed by atoms with van der Waals surface area (Å²) < 4.78 is 6.79. The third kappa shape index (κ3) is 3.82. The number of furan rings is 1. The predicted molar refractivity (Wildman–Crippen MR) is 210 cm³/mol. The Labute approximate surface area is 296 Å². The molecule has 0 atom stereocenters. The molecule has 238 valence electrons. The summed E-state index contributed by atoms with van der Waals surface area (Å²) in [6.45, 7) is 0. The van der Waals surface area contributed by atoms with E-state index in [4.69, 9.17) is 4.42 Å². The van der Waals surface area contributed by atoms with E-state index in [1.165, 1.54) is 55.6 Å². The Morgan fingerprint density at radius 1 is 0.373 bits per heavy atom. The van der Waals surface area contributed by atoms with Crippen molar-refractivity contribution in [3.8, 4) is 33.4 Å². The van der Waals surface area contributed by atoms with Crippen LogP contribution in [0.4, 0.5) is 17.1 Å². The van der Waals surface area contributed by atoms with Gasteiger partial charge in [0.2, 0.25) is 0 Å². The topological polar surface area (TPSA) is 16.4 Å². The number of rotatable bonds is 4. The third-order valence-electron chi connectivity index (χ3n) is 11.0. The van der Waals surface area contributed by atoms with Crippen molar-refractivity contribution in [2.45, 2.75) is 5.41 Å². The quantitative estimate of drug-likeness (QED) is 0.189. The molecule has 0 amide bonds. The molecule has 0 N–H and O–H groups in total.